The van der Waals surface area contributed by atoms with Crippen LogP contribution < -0.4 is 22.3 Å². The second-order valence-corrected chi connectivity index (χ2v) is 6.23. The third-order valence-electron chi connectivity index (χ3n) is 4.22. The van der Waals surface area contributed by atoms with Crippen molar-refractivity contribution >= 4 is 28.9 Å². The SMILES string of the molecule is NC(=O)C[C@H](N)C(=O)Nc1nc2c(ncn2[C@@H]2O[C@H](CO)[C@@H](O)[C@H]2O)c(=O)[nH]1. The molecule has 1 fully saturated rings. The van der Waals surface area contributed by atoms with Crippen molar-refractivity contribution in [3.63, 3.8) is 0 Å². The summed E-state index contributed by atoms with van der Waals surface area (Å²) in [4.78, 5) is 45.3. The monoisotopic (exact) mass is 397 g/mol. The number of aromatic amines is 1. The number of hydrogen-bond acceptors (Lipinski definition) is 10. The first-order valence-electron chi connectivity index (χ1n) is 8.17. The first kappa shape index (κ1) is 19.8. The number of rotatable bonds is 6. The number of amides is 2. The highest BCUT2D eigenvalue weighted by Crippen LogP contribution is 2.30. The second kappa shape index (κ2) is 7.61. The van der Waals surface area contributed by atoms with Crippen LogP contribution in [-0.4, -0.2) is 77.6 Å². The Balaban J connectivity index is 1.92. The van der Waals surface area contributed by atoms with Gasteiger partial charge in [0.1, 0.15) is 18.3 Å². The Hall–Kier alpha value is -2.91. The minimum absolute atomic E-state index is 0.0580. The number of primary amides is 1. The van der Waals surface area contributed by atoms with E-state index in [0.717, 1.165) is 6.33 Å². The van der Waals surface area contributed by atoms with Crippen LogP contribution in [0.5, 0.6) is 0 Å². The fourth-order valence-electron chi connectivity index (χ4n) is 2.80. The van der Waals surface area contributed by atoms with Crippen molar-refractivity contribution in [1.29, 1.82) is 0 Å². The minimum Gasteiger partial charge on any atom is -0.394 e. The van der Waals surface area contributed by atoms with Crippen molar-refractivity contribution in [3.05, 3.63) is 16.7 Å². The molecule has 9 N–H and O–H groups in total. The van der Waals surface area contributed by atoms with Gasteiger partial charge in [-0.3, -0.25) is 29.3 Å². The molecule has 1 saturated heterocycles. The van der Waals surface area contributed by atoms with Crippen LogP contribution >= 0.6 is 0 Å². The molecule has 5 atom stereocenters. The van der Waals surface area contributed by atoms with E-state index in [1.165, 1.54) is 4.57 Å². The number of aromatic nitrogens is 4. The van der Waals surface area contributed by atoms with Crippen LogP contribution in [0, 0.1) is 0 Å². The number of ether oxygens (including phenoxy) is 1. The normalized spacial score (nSPS) is 25.7. The molecule has 1 aliphatic rings. The summed E-state index contributed by atoms with van der Waals surface area (Å²) < 4.78 is 6.58. The lowest BCUT2D eigenvalue weighted by atomic mass is 10.1. The van der Waals surface area contributed by atoms with Crippen LogP contribution in [0.2, 0.25) is 0 Å². The predicted molar refractivity (Wildman–Crippen MR) is 91.6 cm³/mol. The molecule has 1 aliphatic heterocycles. The Morgan fingerprint density at radius 2 is 2.11 bits per heavy atom. The van der Waals surface area contributed by atoms with Crippen molar-refractivity contribution in [1.82, 2.24) is 19.5 Å². The van der Waals surface area contributed by atoms with Crippen LogP contribution in [0.25, 0.3) is 11.2 Å². The van der Waals surface area contributed by atoms with Gasteiger partial charge in [-0.05, 0) is 0 Å². The molecule has 14 heteroatoms. The average molecular weight is 397 g/mol. The zero-order valence-electron chi connectivity index (χ0n) is 14.3. The van der Waals surface area contributed by atoms with Crippen molar-refractivity contribution in [2.75, 3.05) is 11.9 Å². The Labute approximate surface area is 156 Å². The lowest BCUT2D eigenvalue weighted by Crippen LogP contribution is -2.39. The van der Waals surface area contributed by atoms with Crippen molar-refractivity contribution in [2.45, 2.75) is 37.0 Å². The number of H-pyrrole nitrogens is 1. The maximum absolute atomic E-state index is 12.2. The van der Waals surface area contributed by atoms with Gasteiger partial charge in [-0.1, -0.05) is 0 Å². The number of nitrogens with zero attached hydrogens (tertiary/aromatic N) is 3. The number of imidazole rings is 1. The van der Waals surface area contributed by atoms with Gasteiger partial charge in [0.15, 0.2) is 17.4 Å². The van der Waals surface area contributed by atoms with Gasteiger partial charge in [0, 0.05) is 0 Å². The molecule has 0 spiro atoms. The van der Waals surface area contributed by atoms with Gasteiger partial charge in [0.2, 0.25) is 17.8 Å². The smallest absolute Gasteiger partial charge is 0.280 e. The highest BCUT2D eigenvalue weighted by molar-refractivity contribution is 5.96. The lowest BCUT2D eigenvalue weighted by Gasteiger charge is -2.16. The maximum Gasteiger partial charge on any atom is 0.280 e. The quantitative estimate of drug-likeness (QED) is 0.249. The summed E-state index contributed by atoms with van der Waals surface area (Å²) in [5.41, 5.74) is 9.65. The van der Waals surface area contributed by atoms with E-state index in [1.807, 2.05) is 0 Å². The van der Waals surface area contributed by atoms with Gasteiger partial charge in [0.05, 0.1) is 25.4 Å². The van der Waals surface area contributed by atoms with Crippen molar-refractivity contribution in [2.24, 2.45) is 11.5 Å². The molecule has 3 heterocycles. The van der Waals surface area contributed by atoms with Crippen LogP contribution in [0.4, 0.5) is 5.95 Å². The molecular weight excluding hydrogens is 378 g/mol. The molecule has 0 aliphatic carbocycles. The maximum atomic E-state index is 12.2. The highest BCUT2D eigenvalue weighted by atomic mass is 16.6. The molecule has 0 saturated carbocycles. The third-order valence-corrected chi connectivity index (χ3v) is 4.22. The number of nitrogens with one attached hydrogen (secondary N) is 2. The zero-order chi connectivity index (χ0) is 20.6. The molecule has 3 rings (SSSR count). The third kappa shape index (κ3) is 3.58. The number of carbonyl (C=O) groups excluding carboxylic acids is 2. The van der Waals surface area contributed by atoms with Crippen LogP contribution in [-0.2, 0) is 14.3 Å². The molecule has 2 aromatic heterocycles. The number of aliphatic hydroxyl groups excluding tert-OH is 3. The van der Waals surface area contributed by atoms with E-state index in [2.05, 4.69) is 20.3 Å². The number of anilines is 1. The molecule has 14 nitrogen and oxygen atoms in total. The molecule has 152 valence electrons. The van der Waals surface area contributed by atoms with E-state index in [1.54, 1.807) is 0 Å². The zero-order valence-corrected chi connectivity index (χ0v) is 14.3. The summed E-state index contributed by atoms with van der Waals surface area (Å²) in [6.07, 6.45) is -4.23. The Bertz CT molecular complexity index is 957. The fourth-order valence-corrected chi connectivity index (χ4v) is 2.80. The Morgan fingerprint density at radius 3 is 2.71 bits per heavy atom. The summed E-state index contributed by atoms with van der Waals surface area (Å²) in [5, 5.41) is 31.5. The lowest BCUT2D eigenvalue weighted by molar-refractivity contribution is -0.123. The van der Waals surface area contributed by atoms with Crippen LogP contribution in [0.1, 0.15) is 12.6 Å². The van der Waals surface area contributed by atoms with E-state index in [4.69, 9.17) is 16.2 Å². The Morgan fingerprint density at radius 1 is 1.39 bits per heavy atom. The van der Waals surface area contributed by atoms with E-state index in [9.17, 15) is 29.7 Å². The fraction of sp³-hybridized carbons (Fsp3) is 0.500. The Kier molecular flexibility index (Phi) is 5.39. The second-order valence-electron chi connectivity index (χ2n) is 6.23. The van der Waals surface area contributed by atoms with Gasteiger partial charge in [-0.25, -0.2) is 4.98 Å². The van der Waals surface area contributed by atoms with Gasteiger partial charge < -0.3 is 31.5 Å². The standard InChI is InChI=1S/C14H19N7O7/c15-4(1-6(16)23)11(26)19-14-18-10-7(12(27)20-14)17-3-21(10)13-9(25)8(24)5(2-22)28-13/h3-5,8-9,13,22,24-25H,1-2,15H2,(H2,16,23)(H2,18,19,20,26,27)/t4-,5+,8+,9+,13+/m0/s1. The summed E-state index contributed by atoms with van der Waals surface area (Å²) >= 11 is 0. The number of aliphatic hydroxyl groups is 3. The van der Waals surface area contributed by atoms with E-state index < -0.39 is 61.0 Å². The highest BCUT2D eigenvalue weighted by Gasteiger charge is 2.44. The summed E-state index contributed by atoms with van der Waals surface area (Å²) in [6, 6.07) is -1.25. The van der Waals surface area contributed by atoms with E-state index in [0.29, 0.717) is 0 Å². The molecule has 0 bridgehead atoms. The molecule has 0 unspecified atom stereocenters. The molecule has 2 amide bonds. The van der Waals surface area contributed by atoms with E-state index >= 15 is 0 Å². The number of hydrogen-bond donors (Lipinski definition) is 7. The molecule has 0 aromatic carbocycles. The van der Waals surface area contributed by atoms with Gasteiger partial charge in [-0.2, -0.15) is 4.98 Å². The summed E-state index contributed by atoms with van der Waals surface area (Å²) in [6.45, 7) is -0.533. The first-order valence-corrected chi connectivity index (χ1v) is 8.17. The van der Waals surface area contributed by atoms with Crippen molar-refractivity contribution in [3.8, 4) is 0 Å². The van der Waals surface area contributed by atoms with Crippen LogP contribution in [0.15, 0.2) is 11.1 Å². The summed E-state index contributed by atoms with van der Waals surface area (Å²) in [7, 11) is 0. The predicted octanol–water partition coefficient (Wildman–Crippen LogP) is -4.13. The minimum atomic E-state index is -1.42. The van der Waals surface area contributed by atoms with Gasteiger partial charge in [-0.15, -0.1) is 0 Å². The largest absolute Gasteiger partial charge is 0.394 e. The topological polar surface area (TPSA) is 232 Å². The molecule has 2 aromatic rings. The average Bonchev–Trinajstić information content (AvgIpc) is 3.16. The first-order chi connectivity index (χ1) is 13.2. The summed E-state index contributed by atoms with van der Waals surface area (Å²) in [5.74, 6) is -1.86. The molecular formula is C14H19N7O7. The number of fused-ring (bicyclic) bond motifs is 1. The number of nitrogens with two attached hydrogens (primary N) is 2. The molecule has 28 heavy (non-hydrogen) atoms. The van der Waals surface area contributed by atoms with Crippen LogP contribution in [0.3, 0.4) is 0 Å². The number of carbonyl (C=O) groups is 2. The van der Waals surface area contributed by atoms with Gasteiger partial charge in [0.25, 0.3) is 5.56 Å². The van der Waals surface area contributed by atoms with E-state index in [-0.39, 0.29) is 17.1 Å². The molecule has 0 radical (unpaired) electrons. The van der Waals surface area contributed by atoms with Gasteiger partial charge >= 0.3 is 0 Å². The van der Waals surface area contributed by atoms with Crippen molar-refractivity contribution < 1.29 is 29.6 Å².